The second kappa shape index (κ2) is 5.41. The smallest absolute Gasteiger partial charge is 0.335 e. The van der Waals surface area contributed by atoms with Gasteiger partial charge >= 0.3 is 5.97 Å². The molecule has 1 aromatic carbocycles. The third-order valence-electron chi connectivity index (χ3n) is 3.03. The molecule has 98 valence electrons. The minimum Gasteiger partial charge on any atom is -0.478 e. The number of carboxylic acid groups (broad SMARTS) is 1. The number of carboxylic acids is 1. The number of anilines is 1. The van der Waals surface area contributed by atoms with Gasteiger partial charge in [0.25, 0.3) is 0 Å². The van der Waals surface area contributed by atoms with Gasteiger partial charge in [0, 0.05) is 30.1 Å². The Balaban J connectivity index is 2.11. The molecule has 0 aliphatic carbocycles. The molecule has 1 fully saturated rings. The van der Waals surface area contributed by atoms with Gasteiger partial charge in [0.15, 0.2) is 0 Å². The summed E-state index contributed by atoms with van der Waals surface area (Å²) in [7, 11) is 0. The molecule has 7 heteroatoms. The number of hydrogen-bond donors (Lipinski definition) is 1. The molecule has 0 saturated carbocycles. The minimum atomic E-state index is -1.000. The molecule has 1 unspecified atom stereocenters. The highest BCUT2D eigenvalue weighted by Gasteiger charge is 2.29. The summed E-state index contributed by atoms with van der Waals surface area (Å²) in [5, 5.41) is 12.3. The Morgan fingerprint density at radius 2 is 2.16 bits per heavy atom. The van der Waals surface area contributed by atoms with Crippen LogP contribution in [0.1, 0.15) is 16.8 Å². The highest BCUT2D eigenvalue weighted by atomic mass is 16.4. The largest absolute Gasteiger partial charge is 0.478 e. The van der Waals surface area contributed by atoms with Gasteiger partial charge in [0.2, 0.25) is 5.91 Å². The molecular formula is C12H12N4O3. The standard InChI is InChI=1S/C12H12N4O3/c13-15-14-6-8-5-11(17)16(7-8)10-3-1-9(2-4-10)12(18)19/h1-4,8H,5-7H2,(H,18,19). The van der Waals surface area contributed by atoms with Crippen molar-refractivity contribution in [3.05, 3.63) is 40.3 Å². The predicted molar refractivity (Wildman–Crippen MR) is 67.9 cm³/mol. The average molecular weight is 260 g/mol. The maximum absolute atomic E-state index is 11.8. The van der Waals surface area contributed by atoms with Gasteiger partial charge in [0.05, 0.1) is 5.56 Å². The number of carbonyl (C=O) groups excluding carboxylic acids is 1. The van der Waals surface area contributed by atoms with Crippen LogP contribution in [0.15, 0.2) is 29.4 Å². The summed E-state index contributed by atoms with van der Waals surface area (Å²) in [5.41, 5.74) is 9.11. The molecule has 2 rings (SSSR count). The van der Waals surface area contributed by atoms with Crippen LogP contribution in [0, 0.1) is 5.92 Å². The maximum atomic E-state index is 11.8. The van der Waals surface area contributed by atoms with Gasteiger partial charge in [-0.3, -0.25) is 4.79 Å². The second-order valence-electron chi connectivity index (χ2n) is 4.34. The molecule has 19 heavy (non-hydrogen) atoms. The van der Waals surface area contributed by atoms with Crippen LogP contribution in [0.25, 0.3) is 10.4 Å². The third-order valence-corrected chi connectivity index (χ3v) is 3.03. The van der Waals surface area contributed by atoms with Crippen molar-refractivity contribution in [1.82, 2.24) is 0 Å². The number of rotatable bonds is 4. The van der Waals surface area contributed by atoms with Gasteiger partial charge in [-0.25, -0.2) is 4.79 Å². The Labute approximate surface area is 109 Å². The molecule has 1 saturated heterocycles. The Hall–Kier alpha value is -2.53. The first-order chi connectivity index (χ1) is 9.11. The first-order valence-electron chi connectivity index (χ1n) is 5.76. The molecule has 7 nitrogen and oxygen atoms in total. The van der Waals surface area contributed by atoms with Gasteiger partial charge in [0.1, 0.15) is 0 Å². The molecule has 1 aliphatic heterocycles. The maximum Gasteiger partial charge on any atom is 0.335 e. The lowest BCUT2D eigenvalue weighted by Gasteiger charge is -2.16. The number of azide groups is 1. The lowest BCUT2D eigenvalue weighted by molar-refractivity contribution is -0.117. The highest BCUT2D eigenvalue weighted by molar-refractivity contribution is 5.96. The minimum absolute atomic E-state index is 0.0163. The van der Waals surface area contributed by atoms with Crippen molar-refractivity contribution in [1.29, 1.82) is 0 Å². The molecule has 0 bridgehead atoms. The van der Waals surface area contributed by atoms with E-state index in [4.69, 9.17) is 10.6 Å². The highest BCUT2D eigenvalue weighted by Crippen LogP contribution is 2.25. The molecule has 0 spiro atoms. The molecule has 1 amide bonds. The number of amides is 1. The van der Waals surface area contributed by atoms with E-state index in [1.54, 1.807) is 17.0 Å². The number of aromatic carboxylic acids is 1. The fourth-order valence-corrected chi connectivity index (χ4v) is 2.09. The quantitative estimate of drug-likeness (QED) is 0.508. The van der Waals surface area contributed by atoms with Crippen LogP contribution in [0.5, 0.6) is 0 Å². The van der Waals surface area contributed by atoms with E-state index < -0.39 is 5.97 Å². The van der Waals surface area contributed by atoms with Gasteiger partial charge in [-0.1, -0.05) is 5.11 Å². The van der Waals surface area contributed by atoms with E-state index in [1.165, 1.54) is 12.1 Å². The van der Waals surface area contributed by atoms with E-state index in [1.807, 2.05) is 0 Å². The molecular weight excluding hydrogens is 248 g/mol. The number of nitrogens with zero attached hydrogens (tertiary/aromatic N) is 4. The van der Waals surface area contributed by atoms with Gasteiger partial charge < -0.3 is 10.0 Å². The van der Waals surface area contributed by atoms with E-state index in [-0.39, 0.29) is 17.4 Å². The predicted octanol–water partition coefficient (Wildman–Crippen LogP) is 2.05. The summed E-state index contributed by atoms with van der Waals surface area (Å²) in [6.07, 6.45) is 0.347. The van der Waals surface area contributed by atoms with Crippen molar-refractivity contribution in [3.63, 3.8) is 0 Å². The van der Waals surface area contributed by atoms with Crippen molar-refractivity contribution >= 4 is 17.6 Å². The Morgan fingerprint density at radius 1 is 1.47 bits per heavy atom. The number of hydrogen-bond acceptors (Lipinski definition) is 3. The van der Waals surface area contributed by atoms with Crippen molar-refractivity contribution in [2.75, 3.05) is 18.0 Å². The SMILES string of the molecule is [N-]=[N+]=NCC1CC(=O)N(c2ccc(C(=O)O)cc2)C1. The molecule has 1 atom stereocenters. The molecule has 0 aromatic heterocycles. The van der Waals surface area contributed by atoms with Gasteiger partial charge in [-0.2, -0.15) is 0 Å². The topological polar surface area (TPSA) is 106 Å². The monoisotopic (exact) mass is 260 g/mol. The lowest BCUT2D eigenvalue weighted by Crippen LogP contribution is -2.24. The van der Waals surface area contributed by atoms with Crippen LogP contribution < -0.4 is 4.90 Å². The van der Waals surface area contributed by atoms with Crippen LogP contribution in [0.4, 0.5) is 5.69 Å². The van der Waals surface area contributed by atoms with E-state index in [0.29, 0.717) is 25.2 Å². The zero-order valence-electron chi connectivity index (χ0n) is 10.1. The van der Waals surface area contributed by atoms with Gasteiger partial charge in [-0.05, 0) is 35.7 Å². The molecule has 1 N–H and O–H groups in total. The Kier molecular flexibility index (Phi) is 3.68. The van der Waals surface area contributed by atoms with Crippen LogP contribution >= 0.6 is 0 Å². The Bertz CT molecular complexity index is 549. The molecule has 1 heterocycles. The second-order valence-corrected chi connectivity index (χ2v) is 4.34. The Morgan fingerprint density at radius 3 is 2.74 bits per heavy atom. The van der Waals surface area contributed by atoms with Crippen LogP contribution in [0.2, 0.25) is 0 Å². The molecule has 1 aromatic rings. The summed E-state index contributed by atoms with van der Waals surface area (Å²) >= 11 is 0. The zero-order chi connectivity index (χ0) is 13.8. The third kappa shape index (κ3) is 2.83. The average Bonchev–Trinajstić information content (AvgIpc) is 2.77. The van der Waals surface area contributed by atoms with E-state index in [9.17, 15) is 9.59 Å². The molecule has 0 radical (unpaired) electrons. The number of carbonyl (C=O) groups is 2. The number of benzene rings is 1. The fraction of sp³-hybridized carbons (Fsp3) is 0.333. The van der Waals surface area contributed by atoms with E-state index in [2.05, 4.69) is 10.0 Å². The fourth-order valence-electron chi connectivity index (χ4n) is 2.09. The summed E-state index contributed by atoms with van der Waals surface area (Å²) in [6, 6.07) is 6.14. The summed E-state index contributed by atoms with van der Waals surface area (Å²) < 4.78 is 0. The van der Waals surface area contributed by atoms with Crippen molar-refractivity contribution < 1.29 is 14.7 Å². The van der Waals surface area contributed by atoms with Gasteiger partial charge in [-0.15, -0.1) is 0 Å². The van der Waals surface area contributed by atoms with E-state index in [0.717, 1.165) is 0 Å². The van der Waals surface area contributed by atoms with Crippen molar-refractivity contribution in [3.8, 4) is 0 Å². The van der Waals surface area contributed by atoms with Crippen molar-refractivity contribution in [2.24, 2.45) is 11.0 Å². The summed E-state index contributed by atoms with van der Waals surface area (Å²) in [6.45, 7) is 0.788. The molecule has 1 aliphatic rings. The first-order valence-corrected chi connectivity index (χ1v) is 5.76. The lowest BCUT2D eigenvalue weighted by atomic mass is 10.1. The zero-order valence-corrected chi connectivity index (χ0v) is 10.1. The van der Waals surface area contributed by atoms with Crippen LogP contribution in [-0.4, -0.2) is 30.1 Å². The van der Waals surface area contributed by atoms with Crippen LogP contribution in [0.3, 0.4) is 0 Å². The summed E-state index contributed by atoms with van der Waals surface area (Å²) in [4.78, 5) is 26.9. The van der Waals surface area contributed by atoms with Crippen LogP contribution in [-0.2, 0) is 4.79 Å². The van der Waals surface area contributed by atoms with E-state index >= 15 is 0 Å². The normalized spacial score (nSPS) is 18.2. The summed E-state index contributed by atoms with van der Waals surface area (Å²) in [5.74, 6) is -1.02. The van der Waals surface area contributed by atoms with Crippen molar-refractivity contribution in [2.45, 2.75) is 6.42 Å². The first kappa shape index (κ1) is 12.9.